The number of anilines is 2. The maximum atomic E-state index is 12.9. The van der Waals surface area contributed by atoms with Crippen LogP contribution in [0.3, 0.4) is 0 Å². The van der Waals surface area contributed by atoms with Crippen molar-refractivity contribution in [3.8, 4) is 17.0 Å². The van der Waals surface area contributed by atoms with Gasteiger partial charge in [0, 0.05) is 100 Å². The van der Waals surface area contributed by atoms with E-state index in [2.05, 4.69) is 67.7 Å². The molecule has 320 valence electrons. The number of imide groups is 1. The number of ether oxygens (including phenoxy) is 1. The van der Waals surface area contributed by atoms with Gasteiger partial charge in [-0.05, 0) is 68.1 Å². The molecule has 4 heterocycles. The Morgan fingerprint density at radius 1 is 0.803 bits per heavy atom. The molecule has 3 N–H and O–H groups in total. The molecular formula is C46H56N10O5. The Bertz CT molecular complexity index is 2160. The number of carbonyl (C=O) groups is 3. The fraction of sp³-hybridized carbons (Fsp3) is 0.413. The number of nitrogens with two attached hydrogens (primary N) is 1. The number of aromatic nitrogens is 2. The molecule has 0 spiro atoms. The van der Waals surface area contributed by atoms with Gasteiger partial charge in [-0.2, -0.15) is 4.91 Å². The summed E-state index contributed by atoms with van der Waals surface area (Å²) >= 11 is 0. The molecule has 3 aromatic carbocycles. The predicted octanol–water partition coefficient (Wildman–Crippen LogP) is 5.15. The minimum absolute atomic E-state index is 0.0432. The summed E-state index contributed by atoms with van der Waals surface area (Å²) in [6, 6.07) is 27.3. The third-order valence-corrected chi connectivity index (χ3v) is 11.5. The summed E-state index contributed by atoms with van der Waals surface area (Å²) in [5.41, 5.74) is 12.9. The van der Waals surface area contributed by atoms with E-state index >= 15 is 0 Å². The predicted molar refractivity (Wildman–Crippen MR) is 237 cm³/mol. The van der Waals surface area contributed by atoms with E-state index in [1.54, 1.807) is 24.3 Å². The summed E-state index contributed by atoms with van der Waals surface area (Å²) < 4.78 is 5.77. The maximum absolute atomic E-state index is 12.9. The van der Waals surface area contributed by atoms with E-state index in [-0.39, 0.29) is 24.8 Å². The van der Waals surface area contributed by atoms with Crippen LogP contribution in [0.5, 0.6) is 5.75 Å². The van der Waals surface area contributed by atoms with Crippen LogP contribution in [-0.4, -0.2) is 128 Å². The first-order valence-corrected chi connectivity index (χ1v) is 21.4. The number of urea groups is 1. The number of piperazine rings is 2. The first-order chi connectivity index (χ1) is 29.7. The third-order valence-electron chi connectivity index (χ3n) is 11.5. The molecule has 4 aromatic rings. The van der Waals surface area contributed by atoms with E-state index in [0.29, 0.717) is 55.7 Å². The van der Waals surface area contributed by atoms with Crippen LogP contribution >= 0.6 is 0 Å². The molecule has 15 nitrogen and oxygen atoms in total. The smallest absolute Gasteiger partial charge is 0.328 e. The molecule has 0 bridgehead atoms. The lowest BCUT2D eigenvalue weighted by Gasteiger charge is -2.35. The molecule has 7 rings (SSSR count). The summed E-state index contributed by atoms with van der Waals surface area (Å²) in [5.74, 6) is 1.70. The second kappa shape index (κ2) is 20.9. The number of aryl methyl sites for hydroxylation is 1. The van der Waals surface area contributed by atoms with Crippen LogP contribution in [0, 0.1) is 4.91 Å². The zero-order valence-electron chi connectivity index (χ0n) is 35.0. The van der Waals surface area contributed by atoms with Gasteiger partial charge in [-0.1, -0.05) is 66.2 Å². The van der Waals surface area contributed by atoms with Gasteiger partial charge in [0.05, 0.1) is 12.2 Å². The van der Waals surface area contributed by atoms with E-state index < -0.39 is 6.03 Å². The molecule has 0 radical (unpaired) electrons. The Hall–Kier alpha value is -6.19. The summed E-state index contributed by atoms with van der Waals surface area (Å²) in [5, 5.41) is 5.36. The fourth-order valence-electron chi connectivity index (χ4n) is 8.09. The number of carbonyl (C=O) groups excluding carboxylic acids is 3. The molecular weight excluding hydrogens is 773 g/mol. The number of nitrogens with zero attached hydrogens (tertiary/aromatic N) is 8. The van der Waals surface area contributed by atoms with Gasteiger partial charge in [0.25, 0.3) is 5.91 Å². The van der Waals surface area contributed by atoms with Crippen molar-refractivity contribution < 1.29 is 19.1 Å². The zero-order chi connectivity index (χ0) is 42.6. The van der Waals surface area contributed by atoms with Gasteiger partial charge in [0.1, 0.15) is 11.6 Å². The van der Waals surface area contributed by atoms with Crippen molar-refractivity contribution >= 4 is 34.9 Å². The minimum Gasteiger partial charge on any atom is -0.484 e. The van der Waals surface area contributed by atoms with Crippen molar-refractivity contribution in [2.24, 2.45) is 10.9 Å². The molecule has 1 aromatic heterocycles. The molecule has 3 aliphatic heterocycles. The van der Waals surface area contributed by atoms with E-state index in [1.807, 2.05) is 30.0 Å². The molecule has 15 heteroatoms. The van der Waals surface area contributed by atoms with E-state index in [9.17, 15) is 19.3 Å². The molecule has 3 fully saturated rings. The highest BCUT2D eigenvalue weighted by Crippen LogP contribution is 2.30. The van der Waals surface area contributed by atoms with Gasteiger partial charge < -0.3 is 20.3 Å². The van der Waals surface area contributed by atoms with Crippen LogP contribution in [0.15, 0.2) is 95.8 Å². The molecule has 4 amide bonds. The fourth-order valence-corrected chi connectivity index (χ4v) is 8.09. The van der Waals surface area contributed by atoms with Crippen molar-refractivity contribution in [1.82, 2.24) is 30.0 Å². The van der Waals surface area contributed by atoms with Crippen LogP contribution in [0.1, 0.15) is 49.6 Å². The van der Waals surface area contributed by atoms with Gasteiger partial charge in [0.15, 0.2) is 12.4 Å². The van der Waals surface area contributed by atoms with Crippen LogP contribution < -0.4 is 25.6 Å². The van der Waals surface area contributed by atoms with Crippen LogP contribution in [0.25, 0.3) is 16.8 Å². The Kier molecular flexibility index (Phi) is 14.7. The van der Waals surface area contributed by atoms with Crippen LogP contribution in [0.4, 0.5) is 16.3 Å². The molecule has 3 aliphatic rings. The Labute approximate surface area is 357 Å². The number of nitrogens with one attached hydrogen (secondary N) is 1. The van der Waals surface area contributed by atoms with Gasteiger partial charge in [-0.15, -0.1) is 0 Å². The third kappa shape index (κ3) is 11.6. The topological polar surface area (TPSA) is 170 Å². The maximum Gasteiger partial charge on any atom is 0.328 e. The Balaban J connectivity index is 0.874. The molecule has 61 heavy (non-hydrogen) atoms. The lowest BCUT2D eigenvalue weighted by Crippen LogP contribution is -2.50. The molecule has 0 aliphatic carbocycles. The second-order valence-corrected chi connectivity index (χ2v) is 15.8. The SMILES string of the molecule is CC(N)=C(c1cccc(CCCCCN2CCN(C(=O)COc3ccc(N4CCC(=O)NC4=O)cc3)CC2)c1)c1nc(-c2ccccc2)cc(N2CCN(CCN=O)CC2)n1. The van der Waals surface area contributed by atoms with Crippen LogP contribution in [-0.2, 0) is 16.0 Å². The van der Waals surface area contributed by atoms with Gasteiger partial charge in [-0.3, -0.25) is 29.6 Å². The largest absolute Gasteiger partial charge is 0.484 e. The Morgan fingerprint density at radius 2 is 1.54 bits per heavy atom. The molecule has 0 atom stereocenters. The monoisotopic (exact) mass is 828 g/mol. The average molecular weight is 829 g/mol. The molecule has 0 unspecified atom stereocenters. The number of hydrogen-bond donors (Lipinski definition) is 2. The quantitative estimate of drug-likeness (QED) is 0.107. The average Bonchev–Trinajstić information content (AvgIpc) is 3.28. The number of rotatable bonds is 17. The van der Waals surface area contributed by atoms with Gasteiger partial charge in [-0.25, -0.2) is 14.8 Å². The van der Waals surface area contributed by atoms with E-state index in [4.69, 9.17) is 20.4 Å². The van der Waals surface area contributed by atoms with Crippen molar-refractivity contribution in [2.75, 3.05) is 94.9 Å². The Morgan fingerprint density at radius 3 is 2.26 bits per heavy atom. The number of nitroso groups, excluding NO2 is 1. The highest BCUT2D eigenvalue weighted by molar-refractivity contribution is 6.05. The number of unbranched alkanes of at least 4 members (excludes halogenated alkanes) is 2. The van der Waals surface area contributed by atoms with Crippen molar-refractivity contribution in [2.45, 2.75) is 39.0 Å². The summed E-state index contributed by atoms with van der Waals surface area (Å²) in [6.07, 6.45) is 4.45. The number of benzene rings is 3. The lowest BCUT2D eigenvalue weighted by atomic mass is 9.98. The molecule has 3 saturated heterocycles. The van der Waals surface area contributed by atoms with Crippen molar-refractivity contribution in [1.29, 1.82) is 0 Å². The van der Waals surface area contributed by atoms with E-state index in [0.717, 1.165) is 99.7 Å². The van der Waals surface area contributed by atoms with E-state index in [1.165, 1.54) is 10.5 Å². The zero-order valence-corrected chi connectivity index (χ0v) is 35.0. The van der Waals surface area contributed by atoms with Gasteiger partial charge in [0.2, 0.25) is 5.91 Å². The molecule has 0 saturated carbocycles. The standard InChI is InChI=1S/C46H56N10O5/c1-34(47)44(45-49-40(36-11-5-2-6-12-36)32-41(50-45)54-27-23-53(24-28-54)22-19-48-60)37-13-8-10-35(31-37)9-4-3-7-20-52-25-29-55(30-26-52)43(58)33-61-39-16-14-38(15-17-39)56-21-18-42(57)51-46(56)59/h2,5-6,8,10-17,31-32H,3-4,7,9,18-30,33,47H2,1H3,(H,51,57,59). The number of amides is 4. The van der Waals surface area contributed by atoms with Crippen LogP contribution in [0.2, 0.25) is 0 Å². The first kappa shape index (κ1) is 42.9. The normalized spacial score (nSPS) is 16.9. The summed E-state index contributed by atoms with van der Waals surface area (Å²) in [7, 11) is 0. The summed E-state index contributed by atoms with van der Waals surface area (Å²) in [6.45, 7) is 10.4. The lowest BCUT2D eigenvalue weighted by molar-refractivity contribution is -0.135. The summed E-state index contributed by atoms with van der Waals surface area (Å²) in [4.78, 5) is 67.8. The van der Waals surface area contributed by atoms with Crippen molar-refractivity contribution in [3.05, 3.63) is 112 Å². The van der Waals surface area contributed by atoms with Gasteiger partial charge >= 0.3 is 6.03 Å². The minimum atomic E-state index is -0.437. The number of allylic oxidation sites excluding steroid dienone is 1. The number of hydrogen-bond acceptors (Lipinski definition) is 12. The highest BCUT2D eigenvalue weighted by atomic mass is 16.5. The first-order valence-electron chi connectivity index (χ1n) is 21.4. The second-order valence-electron chi connectivity index (χ2n) is 15.8. The van der Waals surface area contributed by atoms with Crippen molar-refractivity contribution in [3.63, 3.8) is 0 Å². The highest BCUT2D eigenvalue weighted by Gasteiger charge is 2.25.